The molecule has 3 aliphatic rings. The van der Waals surface area contributed by atoms with Crippen LogP contribution in [0.5, 0.6) is 0 Å². The van der Waals surface area contributed by atoms with Gasteiger partial charge >= 0.3 is 12.1 Å². The van der Waals surface area contributed by atoms with Crippen molar-refractivity contribution in [2.45, 2.75) is 96.1 Å². The average Bonchev–Trinajstić information content (AvgIpc) is 3.09. The molecule has 10 heteroatoms. The largest absolute Gasteiger partial charge is 0.480 e. The zero-order chi connectivity index (χ0) is 23.6. The third-order valence-corrected chi connectivity index (χ3v) is 7.37. The van der Waals surface area contributed by atoms with E-state index in [2.05, 4.69) is 27.8 Å². The van der Waals surface area contributed by atoms with E-state index in [0.29, 0.717) is 38.4 Å². The molecule has 1 aliphatic carbocycles. The standard InChI is InChI=1S/C22H38F4N4O2/c1-12(2)8-16(21(31)32)29-19-18(23)20(28-11-27-19)30-10-13(3)9-17(30)14-4-6-15(7-5-14)22(24,25)26/h12-20,27-29H,4-11H2,1-3H3,(H,31,32)/t13?,14?,15?,16-,17?,18?,19?,20?/m1/s1. The second-order valence-corrected chi connectivity index (χ2v) is 10.4. The molecule has 0 amide bonds. The molecule has 3 fully saturated rings. The van der Waals surface area contributed by atoms with Crippen LogP contribution in [0.15, 0.2) is 0 Å². The third-order valence-electron chi connectivity index (χ3n) is 7.37. The van der Waals surface area contributed by atoms with Crippen molar-refractivity contribution in [1.82, 2.24) is 20.9 Å². The minimum atomic E-state index is -4.14. The van der Waals surface area contributed by atoms with Crippen LogP contribution in [0.25, 0.3) is 0 Å². The topological polar surface area (TPSA) is 76.6 Å². The summed E-state index contributed by atoms with van der Waals surface area (Å²) in [6, 6.07) is -0.810. The number of nitrogens with one attached hydrogen (secondary N) is 3. The number of halogens is 4. The number of likely N-dealkylation sites (tertiary alicyclic amines) is 1. The molecule has 2 heterocycles. The second kappa shape index (κ2) is 10.5. The summed E-state index contributed by atoms with van der Waals surface area (Å²) in [4.78, 5) is 13.7. The molecule has 6 atom stereocenters. The van der Waals surface area contributed by atoms with Crippen LogP contribution < -0.4 is 16.0 Å². The van der Waals surface area contributed by atoms with Gasteiger partial charge in [0.2, 0.25) is 0 Å². The summed E-state index contributed by atoms with van der Waals surface area (Å²) < 4.78 is 54.9. The number of hydrogen-bond donors (Lipinski definition) is 4. The van der Waals surface area contributed by atoms with Crippen molar-refractivity contribution in [2.24, 2.45) is 23.7 Å². The van der Waals surface area contributed by atoms with Gasteiger partial charge in [-0.05, 0) is 56.3 Å². The molecule has 2 saturated heterocycles. The monoisotopic (exact) mass is 466 g/mol. The molecule has 2 aliphatic heterocycles. The molecule has 0 bridgehead atoms. The van der Waals surface area contributed by atoms with Crippen LogP contribution in [0.1, 0.15) is 59.3 Å². The number of hydrogen-bond acceptors (Lipinski definition) is 5. The van der Waals surface area contributed by atoms with E-state index in [0.717, 1.165) is 6.42 Å². The van der Waals surface area contributed by atoms with Gasteiger partial charge in [-0.3, -0.25) is 25.6 Å². The van der Waals surface area contributed by atoms with Gasteiger partial charge < -0.3 is 5.11 Å². The molecular formula is C22H38F4N4O2. The third kappa shape index (κ3) is 6.12. The zero-order valence-electron chi connectivity index (χ0n) is 19.2. The Kier molecular flexibility index (Phi) is 8.44. The fourth-order valence-electron chi connectivity index (χ4n) is 5.79. The predicted molar refractivity (Wildman–Crippen MR) is 113 cm³/mol. The summed E-state index contributed by atoms with van der Waals surface area (Å²) in [5.41, 5.74) is 0. The molecule has 0 aromatic carbocycles. The number of nitrogens with zero attached hydrogens (tertiary/aromatic N) is 1. The zero-order valence-corrected chi connectivity index (χ0v) is 19.2. The highest BCUT2D eigenvalue weighted by Crippen LogP contribution is 2.44. The number of carbonyl (C=O) groups is 1. The molecule has 6 nitrogen and oxygen atoms in total. The highest BCUT2D eigenvalue weighted by Gasteiger charge is 2.48. The maximum absolute atomic E-state index is 15.6. The first-order valence-corrected chi connectivity index (χ1v) is 11.9. The van der Waals surface area contributed by atoms with Gasteiger partial charge in [0.15, 0.2) is 6.17 Å². The Labute approximate surface area is 187 Å². The lowest BCUT2D eigenvalue weighted by atomic mass is 9.77. The Balaban J connectivity index is 1.66. The van der Waals surface area contributed by atoms with Gasteiger partial charge in [-0.25, -0.2) is 4.39 Å². The Bertz CT molecular complexity index is 628. The summed E-state index contributed by atoms with van der Waals surface area (Å²) in [5, 5.41) is 18.6. The van der Waals surface area contributed by atoms with Crippen molar-refractivity contribution in [1.29, 1.82) is 0 Å². The molecule has 32 heavy (non-hydrogen) atoms. The minimum absolute atomic E-state index is 0.0413. The van der Waals surface area contributed by atoms with Crippen LogP contribution in [0.3, 0.4) is 0 Å². The van der Waals surface area contributed by atoms with Gasteiger partial charge in [0, 0.05) is 19.3 Å². The first-order chi connectivity index (χ1) is 15.0. The molecular weight excluding hydrogens is 428 g/mol. The van der Waals surface area contributed by atoms with Crippen LogP contribution >= 0.6 is 0 Å². The molecule has 1 saturated carbocycles. The number of carboxylic acid groups (broad SMARTS) is 1. The Morgan fingerprint density at radius 1 is 1.19 bits per heavy atom. The van der Waals surface area contributed by atoms with Crippen molar-refractivity contribution in [2.75, 3.05) is 13.2 Å². The van der Waals surface area contributed by atoms with E-state index in [9.17, 15) is 23.1 Å². The average molecular weight is 467 g/mol. The summed E-state index contributed by atoms with van der Waals surface area (Å²) in [6.45, 7) is 6.96. The summed E-state index contributed by atoms with van der Waals surface area (Å²) >= 11 is 0. The number of rotatable bonds is 7. The van der Waals surface area contributed by atoms with E-state index < -0.39 is 42.6 Å². The Morgan fingerprint density at radius 3 is 2.41 bits per heavy atom. The van der Waals surface area contributed by atoms with Crippen LogP contribution in [-0.2, 0) is 4.79 Å². The summed E-state index contributed by atoms with van der Waals surface area (Å²) in [7, 11) is 0. The van der Waals surface area contributed by atoms with Crippen molar-refractivity contribution in [3.63, 3.8) is 0 Å². The van der Waals surface area contributed by atoms with Crippen LogP contribution in [0, 0.1) is 23.7 Å². The van der Waals surface area contributed by atoms with Crippen molar-refractivity contribution >= 4 is 5.97 Å². The number of alkyl halides is 4. The van der Waals surface area contributed by atoms with E-state index in [1.165, 1.54) is 0 Å². The van der Waals surface area contributed by atoms with Gasteiger partial charge in [0.1, 0.15) is 6.04 Å². The highest BCUT2D eigenvalue weighted by atomic mass is 19.4. The number of aliphatic carboxylic acids is 1. The summed E-state index contributed by atoms with van der Waals surface area (Å²) in [6.07, 6.45) is -4.38. The quantitative estimate of drug-likeness (QED) is 0.432. The molecule has 3 rings (SSSR count). The van der Waals surface area contributed by atoms with Crippen molar-refractivity contribution in [3.8, 4) is 0 Å². The van der Waals surface area contributed by atoms with Crippen molar-refractivity contribution < 1.29 is 27.5 Å². The maximum atomic E-state index is 15.6. The van der Waals surface area contributed by atoms with Gasteiger partial charge in [-0.2, -0.15) is 13.2 Å². The highest BCUT2D eigenvalue weighted by molar-refractivity contribution is 5.73. The van der Waals surface area contributed by atoms with Crippen molar-refractivity contribution in [3.05, 3.63) is 0 Å². The molecule has 0 aromatic rings. The van der Waals surface area contributed by atoms with Gasteiger partial charge in [-0.15, -0.1) is 0 Å². The fourth-order valence-corrected chi connectivity index (χ4v) is 5.79. The van der Waals surface area contributed by atoms with Crippen LogP contribution in [0.4, 0.5) is 17.6 Å². The van der Waals surface area contributed by atoms with Gasteiger partial charge in [0.25, 0.3) is 0 Å². The molecule has 0 aromatic heterocycles. The van der Waals surface area contributed by atoms with E-state index in [1.807, 2.05) is 13.8 Å². The first-order valence-electron chi connectivity index (χ1n) is 11.9. The van der Waals surface area contributed by atoms with E-state index in [4.69, 9.17) is 0 Å². The molecule has 4 N–H and O–H groups in total. The number of carboxylic acids is 1. The maximum Gasteiger partial charge on any atom is 0.391 e. The lowest BCUT2D eigenvalue weighted by molar-refractivity contribution is -0.185. The lowest BCUT2D eigenvalue weighted by Crippen LogP contribution is -2.70. The van der Waals surface area contributed by atoms with E-state index >= 15 is 4.39 Å². The van der Waals surface area contributed by atoms with Crippen LogP contribution in [-0.4, -0.2) is 66.0 Å². The molecule has 0 spiro atoms. The second-order valence-electron chi connectivity index (χ2n) is 10.4. The molecule has 186 valence electrons. The van der Waals surface area contributed by atoms with Crippen LogP contribution in [0.2, 0.25) is 0 Å². The minimum Gasteiger partial charge on any atom is -0.480 e. The SMILES string of the molecule is CC(C)C[C@@H](NC1NCNC(N2CC(C)CC2C2CCC(C(F)(F)F)CC2)C1F)C(=O)O. The fraction of sp³-hybridized carbons (Fsp3) is 0.955. The van der Waals surface area contributed by atoms with Gasteiger partial charge in [0.05, 0.1) is 18.2 Å². The predicted octanol–water partition coefficient (Wildman–Crippen LogP) is 3.30. The molecule has 0 radical (unpaired) electrons. The lowest BCUT2D eigenvalue weighted by Gasteiger charge is -2.45. The Morgan fingerprint density at radius 2 is 1.84 bits per heavy atom. The normalized spacial score (nSPS) is 38.2. The summed E-state index contributed by atoms with van der Waals surface area (Å²) in [5.74, 6) is -1.61. The smallest absolute Gasteiger partial charge is 0.391 e. The molecule has 5 unspecified atom stereocenters. The first kappa shape index (κ1) is 25.6. The van der Waals surface area contributed by atoms with Gasteiger partial charge in [-0.1, -0.05) is 20.8 Å². The van der Waals surface area contributed by atoms with E-state index in [-0.39, 0.29) is 30.7 Å². The Hall–Kier alpha value is -0.970. The van der Waals surface area contributed by atoms with E-state index in [1.54, 1.807) is 0 Å².